The van der Waals surface area contributed by atoms with Crippen LogP contribution in [-0.4, -0.2) is 31.3 Å². The number of ketones is 1. The van der Waals surface area contributed by atoms with Crippen LogP contribution in [0.1, 0.15) is 34.7 Å². The third kappa shape index (κ3) is 4.20. The number of fused-ring (bicyclic) bond motifs is 1. The minimum Gasteiger partial charge on any atom is -0.489 e. The molecule has 1 fully saturated rings. The molecule has 5 rings (SSSR count). The molecule has 0 bridgehead atoms. The molecule has 3 aromatic heterocycles. The molecule has 1 aromatic carbocycles. The number of carbonyl (C=O) groups excluding carboxylic acids is 2. The van der Waals surface area contributed by atoms with Crippen molar-refractivity contribution in [2.24, 2.45) is 11.7 Å². The van der Waals surface area contributed by atoms with Crippen molar-refractivity contribution in [3.63, 3.8) is 0 Å². The lowest BCUT2D eigenvalue weighted by atomic mass is 10.1. The Hall–Kier alpha value is -4.07. The highest BCUT2D eigenvalue weighted by Crippen LogP contribution is 2.31. The summed E-state index contributed by atoms with van der Waals surface area (Å²) in [6.45, 7) is 0.322. The number of nitrogens with zero attached hydrogens (tertiary/aromatic N) is 4. The van der Waals surface area contributed by atoms with E-state index in [4.69, 9.17) is 10.5 Å². The zero-order valence-corrected chi connectivity index (χ0v) is 17.3. The van der Waals surface area contributed by atoms with Crippen LogP contribution < -0.4 is 10.5 Å². The number of amides is 1. The van der Waals surface area contributed by atoms with Gasteiger partial charge in [0.1, 0.15) is 23.8 Å². The van der Waals surface area contributed by atoms with Gasteiger partial charge >= 0.3 is 0 Å². The van der Waals surface area contributed by atoms with Crippen LogP contribution in [0.15, 0.2) is 60.8 Å². The monoisotopic (exact) mass is 427 g/mol. The maximum Gasteiger partial charge on any atom is 0.267 e. The van der Waals surface area contributed by atoms with Crippen LogP contribution in [-0.2, 0) is 17.8 Å². The molecular weight excluding hydrogens is 406 g/mol. The van der Waals surface area contributed by atoms with E-state index in [1.165, 1.54) is 0 Å². The summed E-state index contributed by atoms with van der Waals surface area (Å²) < 4.78 is 7.59. The lowest BCUT2D eigenvalue weighted by Crippen LogP contribution is -2.13. The van der Waals surface area contributed by atoms with Gasteiger partial charge in [0.25, 0.3) is 5.91 Å². The molecule has 8 heteroatoms. The maximum absolute atomic E-state index is 12.1. The SMILES string of the molecule is NC(=O)c1ccc(COc2ccc(-c3cccc4nc(CC(=O)C5CC5)nn34)cc2)cn1. The number of benzene rings is 1. The van der Waals surface area contributed by atoms with Crippen molar-refractivity contribution in [1.29, 1.82) is 0 Å². The quantitative estimate of drug-likeness (QED) is 0.463. The molecule has 0 unspecified atom stereocenters. The number of ether oxygens (including phenoxy) is 1. The fraction of sp³-hybridized carbons (Fsp3) is 0.208. The standard InChI is InChI=1S/C24H21N5O3/c25-24(31)19-11-4-15(13-26-19)14-32-18-9-7-16(8-10-18)20-2-1-3-23-27-22(28-29(20)23)12-21(30)17-5-6-17/h1-4,7-11,13,17H,5-6,12,14H2,(H2,25,31). The maximum atomic E-state index is 12.1. The van der Waals surface area contributed by atoms with E-state index in [0.717, 1.165) is 29.7 Å². The highest BCUT2D eigenvalue weighted by Gasteiger charge is 2.30. The summed E-state index contributed by atoms with van der Waals surface area (Å²) >= 11 is 0. The van der Waals surface area contributed by atoms with Gasteiger partial charge in [0.15, 0.2) is 11.5 Å². The number of Topliss-reactive ketones (excluding diaryl/α,β-unsaturated/α-hetero) is 1. The first-order valence-corrected chi connectivity index (χ1v) is 10.4. The van der Waals surface area contributed by atoms with Crippen molar-refractivity contribution >= 4 is 17.3 Å². The Bertz CT molecular complexity index is 1290. The molecule has 0 aliphatic heterocycles. The Morgan fingerprint density at radius 1 is 1.06 bits per heavy atom. The molecule has 0 saturated heterocycles. The third-order valence-corrected chi connectivity index (χ3v) is 5.40. The molecule has 4 aromatic rings. The van der Waals surface area contributed by atoms with Gasteiger partial charge in [-0.15, -0.1) is 0 Å². The van der Waals surface area contributed by atoms with Crippen LogP contribution >= 0.6 is 0 Å². The molecule has 2 N–H and O–H groups in total. The van der Waals surface area contributed by atoms with Crippen molar-refractivity contribution < 1.29 is 14.3 Å². The van der Waals surface area contributed by atoms with Gasteiger partial charge in [-0.3, -0.25) is 14.6 Å². The highest BCUT2D eigenvalue weighted by atomic mass is 16.5. The Morgan fingerprint density at radius 3 is 2.56 bits per heavy atom. The number of carbonyl (C=O) groups is 2. The number of hydrogen-bond acceptors (Lipinski definition) is 6. The van der Waals surface area contributed by atoms with E-state index in [-0.39, 0.29) is 23.8 Å². The summed E-state index contributed by atoms with van der Waals surface area (Å²) in [6.07, 6.45) is 3.83. The number of hydrogen-bond donors (Lipinski definition) is 1. The van der Waals surface area contributed by atoms with Gasteiger partial charge < -0.3 is 10.5 Å². The van der Waals surface area contributed by atoms with Crippen molar-refractivity contribution in [3.8, 4) is 17.0 Å². The largest absolute Gasteiger partial charge is 0.489 e. The average Bonchev–Trinajstić information content (AvgIpc) is 3.58. The van der Waals surface area contributed by atoms with E-state index in [2.05, 4.69) is 15.1 Å². The van der Waals surface area contributed by atoms with E-state index < -0.39 is 5.91 Å². The lowest BCUT2D eigenvalue weighted by molar-refractivity contribution is -0.119. The zero-order valence-electron chi connectivity index (χ0n) is 17.3. The first kappa shape index (κ1) is 19.9. The van der Waals surface area contributed by atoms with Gasteiger partial charge in [0.2, 0.25) is 0 Å². The summed E-state index contributed by atoms with van der Waals surface area (Å²) in [4.78, 5) is 31.8. The molecule has 32 heavy (non-hydrogen) atoms. The van der Waals surface area contributed by atoms with Gasteiger partial charge in [-0.1, -0.05) is 12.1 Å². The van der Waals surface area contributed by atoms with E-state index >= 15 is 0 Å². The topological polar surface area (TPSA) is 112 Å². The number of aromatic nitrogens is 4. The summed E-state index contributed by atoms with van der Waals surface area (Å²) in [5.41, 5.74) is 8.82. The molecule has 0 atom stereocenters. The number of primary amides is 1. The van der Waals surface area contributed by atoms with Crippen LogP contribution in [0.3, 0.4) is 0 Å². The Kier molecular flexibility index (Phi) is 5.10. The van der Waals surface area contributed by atoms with Crippen LogP contribution in [0.2, 0.25) is 0 Å². The normalized spacial score (nSPS) is 13.2. The molecule has 1 aliphatic carbocycles. The van der Waals surface area contributed by atoms with E-state index in [9.17, 15) is 9.59 Å². The third-order valence-electron chi connectivity index (χ3n) is 5.40. The average molecular weight is 427 g/mol. The summed E-state index contributed by atoms with van der Waals surface area (Å²) in [6, 6.07) is 16.8. The number of nitrogens with two attached hydrogens (primary N) is 1. The second-order valence-electron chi connectivity index (χ2n) is 7.86. The summed E-state index contributed by atoms with van der Waals surface area (Å²) in [7, 11) is 0. The van der Waals surface area contributed by atoms with Crippen LogP contribution in [0.4, 0.5) is 0 Å². The minimum absolute atomic E-state index is 0.200. The molecule has 0 spiro atoms. The first-order chi connectivity index (χ1) is 15.6. The predicted molar refractivity (Wildman–Crippen MR) is 117 cm³/mol. The first-order valence-electron chi connectivity index (χ1n) is 10.4. The van der Waals surface area contributed by atoms with Crippen LogP contribution in [0.5, 0.6) is 5.75 Å². The van der Waals surface area contributed by atoms with Gasteiger partial charge in [-0.25, -0.2) is 9.50 Å². The molecule has 160 valence electrons. The summed E-state index contributed by atoms with van der Waals surface area (Å²) in [5, 5.41) is 4.57. The molecule has 3 heterocycles. The second-order valence-corrected chi connectivity index (χ2v) is 7.86. The van der Waals surface area contributed by atoms with Gasteiger partial charge in [-0.05, 0) is 55.3 Å². The molecule has 0 radical (unpaired) electrons. The zero-order chi connectivity index (χ0) is 22.1. The van der Waals surface area contributed by atoms with Crippen molar-refractivity contribution in [3.05, 3.63) is 77.9 Å². The van der Waals surface area contributed by atoms with Crippen LogP contribution in [0.25, 0.3) is 16.9 Å². The van der Waals surface area contributed by atoms with Gasteiger partial charge in [0.05, 0.1) is 12.1 Å². The second kappa shape index (κ2) is 8.22. The Balaban J connectivity index is 1.30. The van der Waals surface area contributed by atoms with Gasteiger partial charge in [-0.2, -0.15) is 5.10 Å². The molecule has 1 amide bonds. The van der Waals surface area contributed by atoms with Gasteiger partial charge in [0, 0.05) is 23.2 Å². The minimum atomic E-state index is -0.558. The Labute approximate surface area is 184 Å². The Morgan fingerprint density at radius 2 is 1.88 bits per heavy atom. The molecular formula is C24H21N5O3. The highest BCUT2D eigenvalue weighted by molar-refractivity contribution is 5.90. The smallest absolute Gasteiger partial charge is 0.267 e. The van der Waals surface area contributed by atoms with Crippen molar-refractivity contribution in [2.75, 3.05) is 0 Å². The number of rotatable bonds is 8. The predicted octanol–water partition coefficient (Wildman–Crippen LogP) is 2.99. The fourth-order valence-corrected chi connectivity index (χ4v) is 3.49. The molecule has 1 aliphatic rings. The van der Waals surface area contributed by atoms with E-state index in [1.807, 2.05) is 42.5 Å². The lowest BCUT2D eigenvalue weighted by Gasteiger charge is -2.08. The number of pyridine rings is 2. The molecule has 8 nitrogen and oxygen atoms in total. The fourth-order valence-electron chi connectivity index (χ4n) is 3.49. The van der Waals surface area contributed by atoms with E-state index in [0.29, 0.717) is 23.8 Å². The molecule has 1 saturated carbocycles. The van der Waals surface area contributed by atoms with E-state index in [1.54, 1.807) is 22.8 Å². The van der Waals surface area contributed by atoms with Crippen molar-refractivity contribution in [1.82, 2.24) is 19.6 Å². The van der Waals surface area contributed by atoms with Crippen molar-refractivity contribution in [2.45, 2.75) is 25.9 Å². The summed E-state index contributed by atoms with van der Waals surface area (Å²) in [5.74, 6) is 1.13. The van der Waals surface area contributed by atoms with Crippen LogP contribution in [0, 0.1) is 5.92 Å².